The van der Waals surface area contributed by atoms with Gasteiger partial charge in [0.25, 0.3) is 0 Å². The van der Waals surface area contributed by atoms with Crippen molar-refractivity contribution in [3.8, 4) is 21.8 Å². The molecule has 4 rings (SSSR count). The Kier molecular flexibility index (Phi) is 8.38. The quantitative estimate of drug-likeness (QED) is 0.184. The molecule has 194 valence electrons. The second-order valence-corrected chi connectivity index (χ2v) is 10.5. The van der Waals surface area contributed by atoms with Gasteiger partial charge in [-0.05, 0) is 67.3 Å². The van der Waals surface area contributed by atoms with E-state index in [9.17, 15) is 0 Å². The summed E-state index contributed by atoms with van der Waals surface area (Å²) in [5.74, 6) is 0. The molecule has 0 aliphatic carbocycles. The zero-order chi connectivity index (χ0) is 27.2. The van der Waals surface area contributed by atoms with Gasteiger partial charge in [0, 0.05) is 46.3 Å². The molecule has 7 heteroatoms. The fourth-order valence-electron chi connectivity index (χ4n) is 4.11. The summed E-state index contributed by atoms with van der Waals surface area (Å²) in [7, 11) is 0. The molecule has 0 aromatic carbocycles. The van der Waals surface area contributed by atoms with E-state index >= 15 is 0 Å². The van der Waals surface area contributed by atoms with Crippen LogP contribution in [0.4, 0.5) is 17.1 Å². The van der Waals surface area contributed by atoms with Gasteiger partial charge in [0.15, 0.2) is 0 Å². The monoisotopic (exact) mass is 522 g/mol. The molecule has 4 aromatic rings. The normalized spacial score (nSPS) is 10.7. The molecule has 0 atom stereocenters. The lowest BCUT2D eigenvalue weighted by atomic mass is 10.1. The van der Waals surface area contributed by atoms with Crippen LogP contribution in [-0.4, -0.2) is 15.0 Å². The Hall–Kier alpha value is -4.23. The highest BCUT2D eigenvalue weighted by molar-refractivity contribution is 7.16. The molecule has 4 N–H and O–H groups in total. The van der Waals surface area contributed by atoms with Gasteiger partial charge in [-0.15, -0.1) is 11.3 Å². The Balaban J connectivity index is 1.51. The number of rotatable bonds is 11. The Morgan fingerprint density at radius 2 is 1.82 bits per heavy atom. The van der Waals surface area contributed by atoms with Crippen LogP contribution in [0.15, 0.2) is 86.3 Å². The van der Waals surface area contributed by atoms with Crippen molar-refractivity contribution in [2.75, 3.05) is 16.4 Å². The summed E-state index contributed by atoms with van der Waals surface area (Å²) in [6.45, 7) is 18.6. The first-order chi connectivity index (χ1) is 18.2. The van der Waals surface area contributed by atoms with Crippen molar-refractivity contribution in [3.63, 3.8) is 0 Å². The van der Waals surface area contributed by atoms with E-state index in [2.05, 4.69) is 71.3 Å². The van der Waals surface area contributed by atoms with E-state index in [4.69, 9.17) is 5.73 Å². The van der Waals surface area contributed by atoms with Gasteiger partial charge >= 0.3 is 0 Å². The number of nitrogens with zero attached hydrogens (tertiary/aromatic N) is 3. The van der Waals surface area contributed by atoms with Crippen molar-refractivity contribution in [1.29, 1.82) is 0 Å². The van der Waals surface area contributed by atoms with Crippen molar-refractivity contribution in [2.24, 2.45) is 0 Å². The molecule has 0 saturated heterocycles. The topological polar surface area (TPSA) is 88.8 Å². The number of hydrogen-bond donors (Lipinski definition) is 3. The number of nitrogen functional groups attached to an aromatic ring is 1. The van der Waals surface area contributed by atoms with E-state index in [0.29, 0.717) is 12.1 Å². The number of aromatic nitrogens is 3. The van der Waals surface area contributed by atoms with Crippen molar-refractivity contribution in [3.05, 3.63) is 102 Å². The van der Waals surface area contributed by atoms with E-state index in [1.54, 1.807) is 29.9 Å². The lowest BCUT2D eigenvalue weighted by Crippen LogP contribution is -2.06. The zero-order valence-electron chi connectivity index (χ0n) is 22.3. The predicted molar refractivity (Wildman–Crippen MR) is 163 cm³/mol. The average Bonchev–Trinajstić information content (AvgIpc) is 3.37. The van der Waals surface area contributed by atoms with Crippen LogP contribution in [0, 0.1) is 6.92 Å². The molecule has 0 radical (unpaired) electrons. The minimum atomic E-state index is 0.552. The minimum Gasteiger partial charge on any atom is -0.397 e. The molecule has 0 saturated carbocycles. The molecule has 4 heterocycles. The molecular weight excluding hydrogens is 488 g/mol. The molecule has 0 fully saturated rings. The van der Waals surface area contributed by atoms with Crippen LogP contribution in [0.1, 0.15) is 42.7 Å². The highest BCUT2D eigenvalue weighted by Crippen LogP contribution is 2.34. The summed E-state index contributed by atoms with van der Waals surface area (Å²) in [6, 6.07) is 10.2. The van der Waals surface area contributed by atoms with Crippen LogP contribution < -0.4 is 16.4 Å². The number of thiophene rings is 1. The van der Waals surface area contributed by atoms with Crippen molar-refractivity contribution >= 4 is 34.0 Å². The summed E-state index contributed by atoms with van der Waals surface area (Å²) < 4.78 is 0. The number of nitrogens with one attached hydrogen (secondary N) is 2. The fourth-order valence-corrected chi connectivity index (χ4v) is 5.10. The van der Waals surface area contributed by atoms with E-state index in [-0.39, 0.29) is 0 Å². The summed E-state index contributed by atoms with van der Waals surface area (Å²) in [6.07, 6.45) is 9.59. The maximum atomic E-state index is 6.31. The largest absolute Gasteiger partial charge is 0.397 e. The Labute approximate surface area is 229 Å². The molecule has 0 aliphatic rings. The third-order valence-corrected chi connectivity index (χ3v) is 7.36. The molecule has 4 aromatic heterocycles. The molecule has 0 bridgehead atoms. The van der Waals surface area contributed by atoms with Gasteiger partial charge < -0.3 is 16.4 Å². The van der Waals surface area contributed by atoms with Crippen molar-refractivity contribution in [1.82, 2.24) is 15.0 Å². The van der Waals surface area contributed by atoms with Crippen LogP contribution in [0.5, 0.6) is 0 Å². The van der Waals surface area contributed by atoms with Crippen LogP contribution in [0.2, 0.25) is 0 Å². The van der Waals surface area contributed by atoms with E-state index in [1.165, 1.54) is 0 Å². The smallest absolute Gasteiger partial charge is 0.0851 e. The van der Waals surface area contributed by atoms with E-state index in [1.807, 2.05) is 31.3 Å². The summed E-state index contributed by atoms with van der Waals surface area (Å²) in [4.78, 5) is 15.8. The molecule has 0 aliphatic heterocycles. The molecule has 6 nitrogen and oxygen atoms in total. The lowest BCUT2D eigenvalue weighted by Gasteiger charge is -2.15. The number of anilines is 3. The highest BCUT2D eigenvalue weighted by Gasteiger charge is 2.13. The third-order valence-electron chi connectivity index (χ3n) is 6.11. The van der Waals surface area contributed by atoms with Gasteiger partial charge in [0.2, 0.25) is 0 Å². The summed E-state index contributed by atoms with van der Waals surface area (Å²) in [5, 5.41) is 6.80. The molecule has 0 amide bonds. The van der Waals surface area contributed by atoms with E-state index in [0.717, 1.165) is 79.0 Å². The minimum absolute atomic E-state index is 0.552. The first kappa shape index (κ1) is 26.8. The molecular formula is C31H34N6S. The first-order valence-corrected chi connectivity index (χ1v) is 13.4. The number of pyridine rings is 3. The number of nitrogens with two attached hydrogens (primary N) is 1. The lowest BCUT2D eigenvalue weighted by molar-refractivity contribution is 0.913. The van der Waals surface area contributed by atoms with Crippen LogP contribution in [-0.2, 0) is 6.42 Å². The van der Waals surface area contributed by atoms with Crippen molar-refractivity contribution < 1.29 is 0 Å². The number of allylic oxidation sites excluding steroid dienone is 3. The van der Waals surface area contributed by atoms with E-state index < -0.39 is 0 Å². The molecule has 0 unspecified atom stereocenters. The van der Waals surface area contributed by atoms with Gasteiger partial charge in [0.05, 0.1) is 40.0 Å². The molecule has 0 spiro atoms. The highest BCUT2D eigenvalue weighted by atomic mass is 32.1. The van der Waals surface area contributed by atoms with Crippen molar-refractivity contribution in [2.45, 2.75) is 40.0 Å². The maximum Gasteiger partial charge on any atom is 0.0851 e. The summed E-state index contributed by atoms with van der Waals surface area (Å²) >= 11 is 1.70. The average molecular weight is 523 g/mol. The Bertz CT molecular complexity index is 1500. The van der Waals surface area contributed by atoms with Crippen LogP contribution in [0.25, 0.3) is 27.4 Å². The van der Waals surface area contributed by atoms with Gasteiger partial charge in [-0.2, -0.15) is 0 Å². The maximum absolute atomic E-state index is 6.31. The Morgan fingerprint density at radius 1 is 1.00 bits per heavy atom. The van der Waals surface area contributed by atoms with Crippen LogP contribution >= 0.6 is 11.3 Å². The third kappa shape index (κ3) is 6.36. The first-order valence-electron chi connectivity index (χ1n) is 12.6. The van der Waals surface area contributed by atoms with Gasteiger partial charge in [-0.3, -0.25) is 15.0 Å². The second-order valence-electron chi connectivity index (χ2n) is 9.39. The Morgan fingerprint density at radius 3 is 2.55 bits per heavy atom. The predicted octanol–water partition coefficient (Wildman–Crippen LogP) is 8.08. The standard InChI is InChI=1S/C31H34N6S/c1-7-8-20(4)36-25-14-24(16-33-17-25)28-15-23(26(32)18-35-28)13-21(5)37-27-11-12-34-31(22(27)6)30-10-9-29(38-30)19(2)3/h9-12,14-18,36H,2,4-5,7-8,13,32H2,1,3,6H3,(H,34,37). The second kappa shape index (κ2) is 11.9. The fraction of sp³-hybridized carbons (Fsp3) is 0.194. The van der Waals surface area contributed by atoms with Crippen LogP contribution in [0.3, 0.4) is 0 Å². The summed E-state index contributed by atoms with van der Waals surface area (Å²) in [5.41, 5.74) is 16.3. The van der Waals surface area contributed by atoms with Gasteiger partial charge in [-0.1, -0.05) is 33.1 Å². The zero-order valence-corrected chi connectivity index (χ0v) is 23.1. The van der Waals surface area contributed by atoms with Gasteiger partial charge in [0.1, 0.15) is 0 Å². The SMILES string of the molecule is C=C(CCC)Nc1cncc(-c2cc(CC(=C)Nc3ccnc(-c4ccc(C(=C)C)s4)c3C)c(N)cn2)c1. The molecule has 38 heavy (non-hydrogen) atoms. The van der Waals surface area contributed by atoms with Gasteiger partial charge in [-0.25, -0.2) is 0 Å². The number of hydrogen-bond acceptors (Lipinski definition) is 7.